The molecule has 0 fully saturated rings. The van der Waals surface area contributed by atoms with Gasteiger partial charge in [-0.1, -0.05) is 39.2 Å². The first-order valence-corrected chi connectivity index (χ1v) is 12.3. The lowest BCUT2D eigenvalue weighted by molar-refractivity contribution is 0.913. The number of rotatable bonds is 12. The van der Waals surface area contributed by atoms with Crippen LogP contribution in [0.1, 0.15) is 44.2 Å². The fourth-order valence-electron chi connectivity index (χ4n) is 3.90. The number of nitrogens with zero attached hydrogens (tertiary/aromatic N) is 3. The molecule has 0 atom stereocenters. The van der Waals surface area contributed by atoms with E-state index < -0.39 is 0 Å². The van der Waals surface area contributed by atoms with Crippen LogP contribution in [0.15, 0.2) is 110 Å². The normalized spacial score (nSPS) is 11.6. The van der Waals surface area contributed by atoms with Crippen molar-refractivity contribution in [2.45, 2.75) is 40.0 Å². The molecular formula is C31H36N6. The highest BCUT2D eigenvalue weighted by molar-refractivity contribution is 5.76. The van der Waals surface area contributed by atoms with Gasteiger partial charge in [0.25, 0.3) is 0 Å². The number of hydrogen-bond donors (Lipinski definition) is 3. The van der Waals surface area contributed by atoms with Crippen LogP contribution < -0.4 is 16.4 Å². The van der Waals surface area contributed by atoms with Crippen LogP contribution in [0, 0.1) is 6.92 Å². The van der Waals surface area contributed by atoms with E-state index in [1.807, 2.05) is 50.3 Å². The summed E-state index contributed by atoms with van der Waals surface area (Å²) in [7, 11) is 0. The molecule has 6 nitrogen and oxygen atoms in total. The molecule has 0 amide bonds. The highest BCUT2D eigenvalue weighted by Crippen LogP contribution is 2.29. The van der Waals surface area contributed by atoms with Gasteiger partial charge in [0.1, 0.15) is 0 Å². The zero-order valence-electron chi connectivity index (χ0n) is 22.0. The summed E-state index contributed by atoms with van der Waals surface area (Å²) in [6, 6.07) is 7.87. The van der Waals surface area contributed by atoms with Crippen molar-refractivity contribution < 1.29 is 0 Å². The molecule has 3 aromatic rings. The second kappa shape index (κ2) is 13.0. The predicted molar refractivity (Wildman–Crippen MR) is 157 cm³/mol. The molecule has 0 bridgehead atoms. The molecule has 0 spiro atoms. The van der Waals surface area contributed by atoms with Gasteiger partial charge in [-0.3, -0.25) is 15.0 Å². The van der Waals surface area contributed by atoms with E-state index in [0.29, 0.717) is 12.1 Å². The molecule has 6 heteroatoms. The lowest BCUT2D eigenvalue weighted by atomic mass is 10.00. The average Bonchev–Trinajstić information content (AvgIpc) is 2.89. The number of nitrogens with one attached hydrogen (secondary N) is 2. The average molecular weight is 493 g/mol. The van der Waals surface area contributed by atoms with Gasteiger partial charge in [-0.05, 0) is 67.3 Å². The Morgan fingerprint density at radius 3 is 2.46 bits per heavy atom. The third-order valence-electron chi connectivity index (χ3n) is 5.89. The maximum atomic E-state index is 6.37. The van der Waals surface area contributed by atoms with Crippen molar-refractivity contribution in [1.82, 2.24) is 15.0 Å². The van der Waals surface area contributed by atoms with E-state index in [0.717, 1.165) is 69.1 Å². The Morgan fingerprint density at radius 1 is 1.00 bits per heavy atom. The molecule has 0 aromatic carbocycles. The molecule has 0 saturated carbocycles. The van der Waals surface area contributed by atoms with Crippen molar-refractivity contribution in [3.05, 3.63) is 121 Å². The SMILES string of the molecule is C=C(CCC)Nc1cncc(C(=C)/C=C(CC(=C)Nc2ccnc(-c3ccncc3)c2C)\C(N)=C/C)c1. The minimum Gasteiger partial charge on any atom is -0.399 e. The van der Waals surface area contributed by atoms with Gasteiger partial charge >= 0.3 is 0 Å². The summed E-state index contributed by atoms with van der Waals surface area (Å²) >= 11 is 0. The lowest BCUT2D eigenvalue weighted by Crippen LogP contribution is -2.07. The fourth-order valence-corrected chi connectivity index (χ4v) is 3.90. The van der Waals surface area contributed by atoms with Crippen molar-refractivity contribution in [3.63, 3.8) is 0 Å². The first-order chi connectivity index (χ1) is 17.8. The van der Waals surface area contributed by atoms with Crippen LogP contribution in [0.2, 0.25) is 0 Å². The molecule has 0 unspecified atom stereocenters. The molecule has 3 rings (SSSR count). The Balaban J connectivity index is 1.78. The van der Waals surface area contributed by atoms with Crippen molar-refractivity contribution in [2.24, 2.45) is 5.73 Å². The second-order valence-corrected chi connectivity index (χ2v) is 8.85. The largest absolute Gasteiger partial charge is 0.399 e. The van der Waals surface area contributed by atoms with E-state index in [2.05, 4.69) is 52.2 Å². The molecular weight excluding hydrogens is 456 g/mol. The monoisotopic (exact) mass is 492 g/mol. The third-order valence-corrected chi connectivity index (χ3v) is 5.89. The fraction of sp³-hybridized carbons (Fsp3) is 0.194. The topological polar surface area (TPSA) is 88.8 Å². The quantitative estimate of drug-likeness (QED) is 0.228. The molecule has 190 valence electrons. The number of allylic oxidation sites excluding steroid dienone is 6. The summed E-state index contributed by atoms with van der Waals surface area (Å²) < 4.78 is 0. The standard InChI is InChI=1S/C31H36N6/c1-7-9-22(4)36-28-18-27(19-34-20-28)21(3)16-26(29(32)8-2)17-23(5)37-30-12-15-35-31(24(30)6)25-10-13-33-14-11-25/h8,10-16,18-20,36H,3-5,7,9,17,32H2,1-2,6H3,(H,35,37)/b26-16-,29-8+. The van der Waals surface area contributed by atoms with Crippen molar-refractivity contribution in [3.8, 4) is 11.3 Å². The van der Waals surface area contributed by atoms with E-state index in [9.17, 15) is 0 Å². The van der Waals surface area contributed by atoms with E-state index in [4.69, 9.17) is 5.73 Å². The molecule has 0 aliphatic carbocycles. The van der Waals surface area contributed by atoms with E-state index in [1.54, 1.807) is 31.0 Å². The van der Waals surface area contributed by atoms with Crippen LogP contribution in [-0.4, -0.2) is 15.0 Å². The molecule has 0 aliphatic rings. The van der Waals surface area contributed by atoms with E-state index in [-0.39, 0.29) is 0 Å². The van der Waals surface area contributed by atoms with Gasteiger partial charge in [-0.2, -0.15) is 0 Å². The number of aromatic nitrogens is 3. The van der Waals surface area contributed by atoms with Gasteiger partial charge in [-0.25, -0.2) is 0 Å². The van der Waals surface area contributed by atoms with Crippen molar-refractivity contribution >= 4 is 16.9 Å². The molecule has 37 heavy (non-hydrogen) atoms. The summed E-state index contributed by atoms with van der Waals surface area (Å²) in [6.07, 6.45) is 15.2. The number of hydrogen-bond acceptors (Lipinski definition) is 6. The number of pyridine rings is 3. The first kappa shape index (κ1) is 27.1. The zero-order valence-corrected chi connectivity index (χ0v) is 22.0. The van der Waals surface area contributed by atoms with Crippen LogP contribution in [0.5, 0.6) is 0 Å². The van der Waals surface area contributed by atoms with E-state index >= 15 is 0 Å². The summed E-state index contributed by atoms with van der Waals surface area (Å²) in [5.74, 6) is 0. The molecule has 4 N–H and O–H groups in total. The van der Waals surface area contributed by atoms with Gasteiger partial charge in [0.2, 0.25) is 0 Å². The molecule has 3 aromatic heterocycles. The minimum atomic E-state index is 0.528. The maximum Gasteiger partial charge on any atom is 0.0752 e. The number of anilines is 2. The Labute approximate surface area is 220 Å². The summed E-state index contributed by atoms with van der Waals surface area (Å²) in [5, 5.41) is 6.77. The first-order valence-electron chi connectivity index (χ1n) is 12.3. The Hall–Kier alpha value is -4.45. The van der Waals surface area contributed by atoms with E-state index in [1.165, 1.54) is 0 Å². The molecule has 3 heterocycles. The summed E-state index contributed by atoms with van der Waals surface area (Å²) in [5.41, 5.74) is 16.2. The maximum absolute atomic E-state index is 6.37. The van der Waals surface area contributed by atoms with Gasteiger partial charge in [0, 0.05) is 65.1 Å². The van der Waals surface area contributed by atoms with Gasteiger partial charge in [0.15, 0.2) is 0 Å². The zero-order chi connectivity index (χ0) is 26.8. The smallest absolute Gasteiger partial charge is 0.0752 e. The van der Waals surface area contributed by atoms with Crippen LogP contribution in [-0.2, 0) is 0 Å². The van der Waals surface area contributed by atoms with Gasteiger partial charge < -0.3 is 16.4 Å². The van der Waals surface area contributed by atoms with Crippen LogP contribution >= 0.6 is 0 Å². The second-order valence-electron chi connectivity index (χ2n) is 8.85. The van der Waals surface area contributed by atoms with Gasteiger partial charge in [-0.15, -0.1) is 0 Å². The van der Waals surface area contributed by atoms with Gasteiger partial charge in [0.05, 0.1) is 17.6 Å². The predicted octanol–water partition coefficient (Wildman–Crippen LogP) is 7.39. The Kier molecular flexibility index (Phi) is 9.55. The summed E-state index contributed by atoms with van der Waals surface area (Å²) in [4.78, 5) is 13.0. The van der Waals surface area contributed by atoms with Crippen LogP contribution in [0.3, 0.4) is 0 Å². The minimum absolute atomic E-state index is 0.528. The molecule has 0 aliphatic heterocycles. The highest BCUT2D eigenvalue weighted by atomic mass is 14.9. The van der Waals surface area contributed by atoms with Crippen LogP contribution in [0.4, 0.5) is 11.4 Å². The highest BCUT2D eigenvalue weighted by Gasteiger charge is 2.11. The van der Waals surface area contributed by atoms with Crippen molar-refractivity contribution in [2.75, 3.05) is 10.6 Å². The third kappa shape index (κ3) is 7.51. The van der Waals surface area contributed by atoms with Crippen molar-refractivity contribution in [1.29, 1.82) is 0 Å². The molecule has 0 radical (unpaired) electrons. The number of nitrogens with two attached hydrogens (primary N) is 1. The Bertz CT molecular complexity index is 1330. The lowest BCUT2D eigenvalue weighted by Gasteiger charge is -2.17. The Morgan fingerprint density at radius 2 is 1.76 bits per heavy atom. The summed E-state index contributed by atoms with van der Waals surface area (Å²) in [6.45, 7) is 18.7. The molecule has 0 saturated heterocycles. The van der Waals surface area contributed by atoms with Crippen LogP contribution in [0.25, 0.3) is 16.8 Å².